The molecule has 2 amide bonds. The van der Waals surface area contributed by atoms with Crippen molar-refractivity contribution in [2.75, 3.05) is 19.6 Å². The molecule has 2 aromatic rings. The van der Waals surface area contributed by atoms with Crippen LogP contribution in [0, 0.1) is 6.92 Å². The van der Waals surface area contributed by atoms with Gasteiger partial charge in [-0.2, -0.15) is 0 Å². The van der Waals surface area contributed by atoms with Crippen molar-refractivity contribution < 1.29 is 14.0 Å². The summed E-state index contributed by atoms with van der Waals surface area (Å²) in [6.07, 6.45) is 3.11. The summed E-state index contributed by atoms with van der Waals surface area (Å²) >= 11 is 0. The Bertz CT molecular complexity index is 875. The summed E-state index contributed by atoms with van der Waals surface area (Å²) in [5, 5.41) is 8.04. The van der Waals surface area contributed by atoms with Gasteiger partial charge in [-0.05, 0) is 25.3 Å². The van der Waals surface area contributed by atoms with Crippen LogP contribution in [0.1, 0.15) is 40.9 Å². The van der Waals surface area contributed by atoms with Crippen molar-refractivity contribution in [1.29, 1.82) is 0 Å². The highest BCUT2D eigenvalue weighted by atomic mass is 19.1. The number of aryl methyl sites for hydroxylation is 1. The minimum atomic E-state index is -1.05. The molecule has 8 heteroatoms. The van der Waals surface area contributed by atoms with Crippen LogP contribution in [0.25, 0.3) is 0 Å². The lowest BCUT2D eigenvalue weighted by atomic mass is 10.1. The van der Waals surface area contributed by atoms with Crippen LogP contribution in [0.5, 0.6) is 0 Å². The Morgan fingerprint density at radius 3 is 2.62 bits per heavy atom. The van der Waals surface area contributed by atoms with Crippen LogP contribution >= 0.6 is 0 Å². The van der Waals surface area contributed by atoms with E-state index in [1.54, 1.807) is 20.7 Å². The maximum absolute atomic E-state index is 14.1. The lowest BCUT2D eigenvalue weighted by molar-refractivity contribution is -0.131. The molecule has 0 bridgehead atoms. The predicted octanol–water partition coefficient (Wildman–Crippen LogP) is 2.00. The Morgan fingerprint density at radius 2 is 1.90 bits per heavy atom. The van der Waals surface area contributed by atoms with Gasteiger partial charge < -0.3 is 9.80 Å². The predicted molar refractivity (Wildman–Crippen MR) is 105 cm³/mol. The first-order valence-electron chi connectivity index (χ1n) is 10.2. The number of rotatable bonds is 5. The van der Waals surface area contributed by atoms with E-state index in [0.29, 0.717) is 12.2 Å². The zero-order valence-electron chi connectivity index (χ0n) is 16.6. The molecule has 2 atom stereocenters. The van der Waals surface area contributed by atoms with Crippen molar-refractivity contribution in [1.82, 2.24) is 24.8 Å². The highest BCUT2D eigenvalue weighted by Crippen LogP contribution is 2.23. The number of halogens is 1. The molecular weight excluding hydrogens is 373 g/mol. The third kappa shape index (κ3) is 4.46. The highest BCUT2D eigenvalue weighted by molar-refractivity contribution is 5.92. The van der Waals surface area contributed by atoms with Crippen LogP contribution in [0.2, 0.25) is 0 Å². The molecule has 2 aliphatic rings. The number of likely N-dealkylation sites (tertiary alicyclic amines) is 2. The summed E-state index contributed by atoms with van der Waals surface area (Å²) in [7, 11) is 0. The Hall–Kier alpha value is -2.77. The Kier molecular flexibility index (Phi) is 5.60. The van der Waals surface area contributed by atoms with E-state index in [0.717, 1.165) is 37.1 Å². The molecule has 7 nitrogen and oxygen atoms in total. The SMILES string of the molecule is Cc1ccc(CC(=O)N2C[C@@H](F)C[C@H]2Cn2cc(C(=O)N3CCCC3)nn2)cc1. The third-order valence-corrected chi connectivity index (χ3v) is 5.71. The lowest BCUT2D eigenvalue weighted by Crippen LogP contribution is -2.39. The number of hydrogen-bond acceptors (Lipinski definition) is 4. The number of alkyl halides is 1. The molecule has 2 saturated heterocycles. The summed E-state index contributed by atoms with van der Waals surface area (Å²) in [4.78, 5) is 28.6. The van der Waals surface area contributed by atoms with E-state index in [2.05, 4.69) is 10.3 Å². The van der Waals surface area contributed by atoms with Crippen LogP contribution < -0.4 is 0 Å². The molecule has 0 spiro atoms. The van der Waals surface area contributed by atoms with Gasteiger partial charge in [0.05, 0.1) is 31.7 Å². The highest BCUT2D eigenvalue weighted by Gasteiger charge is 2.35. The Balaban J connectivity index is 1.41. The van der Waals surface area contributed by atoms with E-state index in [9.17, 15) is 14.0 Å². The standard InChI is InChI=1S/C21H26FN5O2/c1-15-4-6-16(7-5-15)10-20(28)27-12-17(22)11-18(27)13-26-14-19(23-24-26)21(29)25-8-2-3-9-25/h4-7,14,17-18H,2-3,8-13H2,1H3/t17-,18-/m0/s1. The second kappa shape index (κ2) is 8.31. The molecule has 29 heavy (non-hydrogen) atoms. The monoisotopic (exact) mass is 399 g/mol. The van der Waals surface area contributed by atoms with Crippen LogP contribution in [0.15, 0.2) is 30.5 Å². The average Bonchev–Trinajstić information content (AvgIpc) is 3.44. The van der Waals surface area contributed by atoms with E-state index in [1.165, 1.54) is 0 Å². The quantitative estimate of drug-likeness (QED) is 0.771. The van der Waals surface area contributed by atoms with E-state index in [-0.39, 0.29) is 37.2 Å². The zero-order valence-corrected chi connectivity index (χ0v) is 16.6. The van der Waals surface area contributed by atoms with Gasteiger partial charge in [-0.1, -0.05) is 35.0 Å². The van der Waals surface area contributed by atoms with Crippen molar-refractivity contribution >= 4 is 11.8 Å². The van der Waals surface area contributed by atoms with Gasteiger partial charge >= 0.3 is 0 Å². The maximum Gasteiger partial charge on any atom is 0.276 e. The number of hydrogen-bond donors (Lipinski definition) is 0. The fourth-order valence-corrected chi connectivity index (χ4v) is 4.10. The van der Waals surface area contributed by atoms with Crippen LogP contribution in [0.3, 0.4) is 0 Å². The van der Waals surface area contributed by atoms with E-state index >= 15 is 0 Å². The van der Waals surface area contributed by atoms with Gasteiger partial charge in [-0.15, -0.1) is 5.10 Å². The number of benzene rings is 1. The fraction of sp³-hybridized carbons (Fsp3) is 0.524. The summed E-state index contributed by atoms with van der Waals surface area (Å²) in [6, 6.07) is 7.50. The lowest BCUT2D eigenvalue weighted by Gasteiger charge is -2.24. The van der Waals surface area contributed by atoms with Gasteiger partial charge in [0.2, 0.25) is 5.91 Å². The minimum Gasteiger partial charge on any atom is -0.337 e. The average molecular weight is 399 g/mol. The van der Waals surface area contributed by atoms with Gasteiger partial charge in [-0.3, -0.25) is 9.59 Å². The van der Waals surface area contributed by atoms with Crippen LogP contribution in [-0.4, -0.2) is 68.5 Å². The van der Waals surface area contributed by atoms with Gasteiger partial charge in [-0.25, -0.2) is 9.07 Å². The molecule has 0 N–H and O–H groups in total. The third-order valence-electron chi connectivity index (χ3n) is 5.71. The van der Waals surface area contributed by atoms with E-state index in [4.69, 9.17) is 0 Å². The molecule has 2 aliphatic heterocycles. The first-order valence-corrected chi connectivity index (χ1v) is 10.2. The van der Waals surface area contributed by atoms with Gasteiger partial charge in [0.25, 0.3) is 5.91 Å². The molecule has 4 rings (SSSR count). The molecule has 1 aromatic carbocycles. The number of amides is 2. The summed E-state index contributed by atoms with van der Waals surface area (Å²) < 4.78 is 15.7. The van der Waals surface area contributed by atoms with Crippen molar-refractivity contribution in [3.8, 4) is 0 Å². The van der Waals surface area contributed by atoms with Crippen LogP contribution in [-0.2, 0) is 17.8 Å². The van der Waals surface area contributed by atoms with Crippen molar-refractivity contribution in [3.05, 3.63) is 47.3 Å². The number of nitrogens with zero attached hydrogens (tertiary/aromatic N) is 5. The topological polar surface area (TPSA) is 71.3 Å². The largest absolute Gasteiger partial charge is 0.337 e. The molecule has 0 aliphatic carbocycles. The van der Waals surface area contributed by atoms with Gasteiger partial charge in [0.15, 0.2) is 5.69 Å². The molecule has 0 saturated carbocycles. The summed E-state index contributed by atoms with van der Waals surface area (Å²) in [5.41, 5.74) is 2.36. The molecule has 0 radical (unpaired) electrons. The maximum atomic E-state index is 14.1. The van der Waals surface area contributed by atoms with Gasteiger partial charge in [0, 0.05) is 19.5 Å². The first-order chi connectivity index (χ1) is 14.0. The minimum absolute atomic E-state index is 0.0903. The summed E-state index contributed by atoms with van der Waals surface area (Å²) in [6.45, 7) is 3.93. The summed E-state index contributed by atoms with van der Waals surface area (Å²) in [5.74, 6) is -0.205. The Morgan fingerprint density at radius 1 is 1.17 bits per heavy atom. The fourth-order valence-electron chi connectivity index (χ4n) is 4.10. The molecular formula is C21H26FN5O2. The van der Waals surface area contributed by atoms with Crippen molar-refractivity contribution in [3.63, 3.8) is 0 Å². The number of carbonyl (C=O) groups excluding carboxylic acids is 2. The molecule has 2 fully saturated rings. The van der Waals surface area contributed by atoms with Crippen LogP contribution in [0.4, 0.5) is 4.39 Å². The number of aromatic nitrogens is 3. The smallest absolute Gasteiger partial charge is 0.276 e. The zero-order chi connectivity index (χ0) is 20.4. The second-order valence-corrected chi connectivity index (χ2v) is 8.02. The van der Waals surface area contributed by atoms with Gasteiger partial charge in [0.1, 0.15) is 6.17 Å². The molecule has 0 unspecified atom stereocenters. The van der Waals surface area contributed by atoms with Crippen molar-refractivity contribution in [2.24, 2.45) is 0 Å². The van der Waals surface area contributed by atoms with Crippen molar-refractivity contribution in [2.45, 2.75) is 51.4 Å². The van der Waals surface area contributed by atoms with E-state index < -0.39 is 6.17 Å². The second-order valence-electron chi connectivity index (χ2n) is 8.02. The normalized spacial score (nSPS) is 21.7. The first kappa shape index (κ1) is 19.5. The molecule has 3 heterocycles. The number of carbonyl (C=O) groups is 2. The Labute approximate surface area is 169 Å². The molecule has 1 aromatic heterocycles. The van der Waals surface area contributed by atoms with E-state index in [1.807, 2.05) is 31.2 Å². The molecule has 154 valence electrons.